The van der Waals surface area contributed by atoms with E-state index in [1.54, 1.807) is 11.5 Å². The van der Waals surface area contributed by atoms with E-state index in [2.05, 4.69) is 9.55 Å². The fraction of sp³-hybridized carbons (Fsp3) is 0.276. The van der Waals surface area contributed by atoms with Crippen LogP contribution in [0.5, 0.6) is 0 Å². The summed E-state index contributed by atoms with van der Waals surface area (Å²) in [5.41, 5.74) is 9.48. The minimum Gasteiger partial charge on any atom is -0.481 e. The first-order chi connectivity index (χ1) is 18.8. The third-order valence-corrected chi connectivity index (χ3v) is 6.39. The second kappa shape index (κ2) is 11.9. The summed E-state index contributed by atoms with van der Waals surface area (Å²) in [6.45, 7) is 4.46. The van der Waals surface area contributed by atoms with E-state index >= 15 is 0 Å². The molecule has 0 aliphatic rings. The topological polar surface area (TPSA) is 137 Å². The average Bonchev–Trinajstić information content (AvgIpc) is 3.55. The minimum absolute atomic E-state index is 0.146. The number of esters is 1. The Kier molecular flexibility index (Phi) is 8.36. The fourth-order valence-corrected chi connectivity index (χ4v) is 4.82. The number of benzene rings is 2. The van der Waals surface area contributed by atoms with E-state index in [0.29, 0.717) is 17.9 Å². The number of aryl methyl sites for hydroxylation is 2. The number of nitrogens with zero attached hydrogens (tertiary/aromatic N) is 3. The maximum atomic E-state index is 13.5. The van der Waals surface area contributed by atoms with Crippen LogP contribution < -0.4 is 11.4 Å². The molecule has 2 aromatic carbocycles. The molecule has 0 atom stereocenters. The molecule has 5 aromatic rings. The Morgan fingerprint density at radius 3 is 2.31 bits per heavy atom. The van der Waals surface area contributed by atoms with Gasteiger partial charge >= 0.3 is 11.7 Å². The minimum atomic E-state index is -0.833. The van der Waals surface area contributed by atoms with Crippen molar-refractivity contribution in [2.75, 3.05) is 13.2 Å². The van der Waals surface area contributed by atoms with Gasteiger partial charge in [-0.25, -0.2) is 9.59 Å². The van der Waals surface area contributed by atoms with Crippen molar-refractivity contribution in [3.8, 4) is 16.9 Å². The predicted molar refractivity (Wildman–Crippen MR) is 151 cm³/mol. The number of carboxylic acids is 1. The van der Waals surface area contributed by atoms with Crippen LogP contribution in [0.2, 0.25) is 0 Å². The average molecular weight is 532 g/mol. The lowest BCUT2D eigenvalue weighted by Crippen LogP contribution is -2.15. The summed E-state index contributed by atoms with van der Waals surface area (Å²) in [5, 5.41) is 9.29. The van der Waals surface area contributed by atoms with Crippen LogP contribution in [0.4, 0.5) is 0 Å². The van der Waals surface area contributed by atoms with Gasteiger partial charge in [-0.05, 0) is 38.4 Å². The molecule has 0 radical (unpaired) electrons. The van der Waals surface area contributed by atoms with E-state index < -0.39 is 11.9 Å². The maximum absolute atomic E-state index is 13.5. The summed E-state index contributed by atoms with van der Waals surface area (Å²) in [6.07, 6.45) is 5.79. The van der Waals surface area contributed by atoms with Gasteiger partial charge in [-0.2, -0.15) is 0 Å². The molecule has 0 aliphatic carbocycles. The molecule has 4 N–H and O–H groups in total. The number of nitrogens with two attached hydrogens (primary N) is 1. The number of carboxylic acid groups (broad SMARTS) is 1. The number of aromatic amines is 1. The van der Waals surface area contributed by atoms with Gasteiger partial charge in [-0.3, -0.25) is 14.3 Å². The molecule has 0 spiro atoms. The van der Waals surface area contributed by atoms with E-state index in [9.17, 15) is 9.59 Å². The molecule has 0 bridgehead atoms. The molecule has 0 saturated carbocycles. The number of carbonyl (C=O) groups is 2. The second-order valence-corrected chi connectivity index (χ2v) is 9.12. The number of aliphatic carboxylic acids is 1. The third-order valence-electron chi connectivity index (χ3n) is 6.39. The lowest BCUT2D eigenvalue weighted by molar-refractivity contribution is -0.134. The van der Waals surface area contributed by atoms with Crippen molar-refractivity contribution in [1.29, 1.82) is 0 Å². The zero-order valence-corrected chi connectivity index (χ0v) is 22.3. The van der Waals surface area contributed by atoms with E-state index in [1.807, 2.05) is 72.5 Å². The van der Waals surface area contributed by atoms with E-state index in [0.717, 1.165) is 53.7 Å². The van der Waals surface area contributed by atoms with Gasteiger partial charge < -0.3 is 24.7 Å². The Morgan fingerprint density at radius 1 is 1.00 bits per heavy atom. The van der Waals surface area contributed by atoms with Gasteiger partial charge in [0.05, 0.1) is 23.5 Å². The number of imidazole rings is 1. The number of para-hydroxylation sites is 2. The van der Waals surface area contributed by atoms with Crippen LogP contribution >= 0.6 is 0 Å². The van der Waals surface area contributed by atoms with Gasteiger partial charge in [0.15, 0.2) is 5.69 Å². The van der Waals surface area contributed by atoms with E-state index in [1.165, 1.54) is 0 Å². The van der Waals surface area contributed by atoms with Gasteiger partial charge in [0, 0.05) is 54.8 Å². The summed E-state index contributed by atoms with van der Waals surface area (Å²) in [4.78, 5) is 38.3. The van der Waals surface area contributed by atoms with Crippen molar-refractivity contribution in [2.45, 2.75) is 33.2 Å². The molecule has 0 aliphatic heterocycles. The zero-order valence-electron chi connectivity index (χ0n) is 22.3. The summed E-state index contributed by atoms with van der Waals surface area (Å²) < 4.78 is 11.1. The van der Waals surface area contributed by atoms with Crippen molar-refractivity contribution in [3.05, 3.63) is 77.1 Å². The fourth-order valence-electron chi connectivity index (χ4n) is 4.82. The molecule has 0 amide bonds. The van der Waals surface area contributed by atoms with Crippen molar-refractivity contribution >= 4 is 33.7 Å². The first-order valence-electron chi connectivity index (χ1n) is 12.8. The monoisotopic (exact) mass is 531 g/mol. The lowest BCUT2D eigenvalue weighted by Gasteiger charge is -2.08. The molecule has 204 valence electrons. The highest BCUT2D eigenvalue weighted by Crippen LogP contribution is 2.35. The number of aromatic nitrogens is 4. The van der Waals surface area contributed by atoms with Gasteiger partial charge in [-0.1, -0.05) is 36.4 Å². The molecule has 10 heteroatoms. The molecule has 0 unspecified atom stereocenters. The zero-order chi connectivity index (χ0) is 28.1. The molecule has 0 saturated heterocycles. The summed E-state index contributed by atoms with van der Waals surface area (Å²) >= 11 is 0. The van der Waals surface area contributed by atoms with E-state index in [4.69, 9.17) is 20.4 Å². The first kappa shape index (κ1) is 27.5. The standard InChI is InChI=1S/C27H29N5O3.C2H4O2/c1-3-35-26(33)24-25(20-16-30(2)21-12-6-4-10-18(20)21)32(27(34)29-24)23-17-31(15-9-8-14-28)22-13-7-5-11-19(22)23;1-2(3)4/h4-7,10-13,16-17H,3,8-9,14-15,28H2,1-2H3,(H,29,34);1H3,(H,3,4). The lowest BCUT2D eigenvalue weighted by atomic mass is 10.1. The number of hydrogen-bond donors (Lipinski definition) is 3. The molecular formula is C29H33N5O5. The number of ether oxygens (including phenoxy) is 1. The van der Waals surface area contributed by atoms with Crippen LogP contribution in [0.3, 0.4) is 0 Å². The van der Waals surface area contributed by atoms with Crippen LogP contribution in [0.25, 0.3) is 38.8 Å². The first-order valence-corrected chi connectivity index (χ1v) is 12.8. The Hall–Kier alpha value is -4.57. The number of carbonyl (C=O) groups excluding carboxylic acids is 1. The van der Waals surface area contributed by atoms with Crippen molar-refractivity contribution < 1.29 is 19.4 Å². The normalized spacial score (nSPS) is 11.0. The SMILES string of the molecule is CC(=O)O.CCOC(=O)c1[nH]c(=O)n(-c2cn(CCCCN)c3ccccc23)c1-c1cn(C)c2ccccc12. The van der Waals surface area contributed by atoms with Crippen LogP contribution in [-0.4, -0.2) is 48.9 Å². The van der Waals surface area contributed by atoms with Gasteiger partial charge in [0.1, 0.15) is 0 Å². The van der Waals surface area contributed by atoms with E-state index in [-0.39, 0.29) is 18.0 Å². The molecule has 3 aromatic heterocycles. The number of rotatable bonds is 8. The Bertz CT molecular complexity index is 1680. The van der Waals surface area contributed by atoms with Crippen molar-refractivity contribution in [2.24, 2.45) is 12.8 Å². The Morgan fingerprint density at radius 2 is 1.64 bits per heavy atom. The number of unbranched alkanes of at least 4 members (excludes halogenated alkanes) is 1. The number of fused-ring (bicyclic) bond motifs is 2. The number of nitrogens with one attached hydrogen (secondary N) is 1. The molecule has 39 heavy (non-hydrogen) atoms. The quantitative estimate of drug-likeness (QED) is 0.202. The molecule has 3 heterocycles. The number of hydrogen-bond acceptors (Lipinski definition) is 5. The van der Waals surface area contributed by atoms with Crippen molar-refractivity contribution in [3.63, 3.8) is 0 Å². The van der Waals surface area contributed by atoms with Gasteiger partial charge in [0.2, 0.25) is 0 Å². The second-order valence-electron chi connectivity index (χ2n) is 9.12. The highest BCUT2D eigenvalue weighted by molar-refractivity contribution is 6.03. The highest BCUT2D eigenvalue weighted by atomic mass is 16.5. The Labute approximate surface area is 225 Å². The summed E-state index contributed by atoms with van der Waals surface area (Å²) in [6, 6.07) is 15.9. The number of H-pyrrole nitrogens is 1. The van der Waals surface area contributed by atoms with Crippen LogP contribution in [0.1, 0.15) is 37.2 Å². The molecule has 0 fully saturated rings. The van der Waals surface area contributed by atoms with Crippen LogP contribution in [0.15, 0.2) is 65.7 Å². The highest BCUT2D eigenvalue weighted by Gasteiger charge is 2.27. The maximum Gasteiger partial charge on any atom is 0.357 e. The molecule has 10 nitrogen and oxygen atoms in total. The van der Waals surface area contributed by atoms with Gasteiger partial charge in [0.25, 0.3) is 5.97 Å². The largest absolute Gasteiger partial charge is 0.481 e. The summed E-state index contributed by atoms with van der Waals surface area (Å²) in [7, 11) is 1.95. The molecule has 5 rings (SSSR count). The smallest absolute Gasteiger partial charge is 0.357 e. The van der Waals surface area contributed by atoms with Crippen molar-refractivity contribution in [1.82, 2.24) is 18.7 Å². The molecular weight excluding hydrogens is 498 g/mol. The van der Waals surface area contributed by atoms with Crippen LogP contribution in [0, 0.1) is 0 Å². The van der Waals surface area contributed by atoms with Gasteiger partial charge in [-0.15, -0.1) is 0 Å². The summed E-state index contributed by atoms with van der Waals surface area (Å²) in [5.74, 6) is -1.39. The van der Waals surface area contributed by atoms with Crippen LogP contribution in [-0.2, 0) is 23.1 Å². The Balaban J connectivity index is 0.000000826. The third kappa shape index (κ3) is 5.51. The predicted octanol–water partition coefficient (Wildman–Crippen LogP) is 4.29.